The molecule has 8 heteroatoms. The molecule has 0 amide bonds. The Labute approximate surface area is 99.4 Å². The average Bonchev–Trinajstić information content (AvgIpc) is 2.57. The Hall–Kier alpha value is -1.44. The highest BCUT2D eigenvalue weighted by Crippen LogP contribution is 2.04. The number of rotatable bonds is 6. The summed E-state index contributed by atoms with van der Waals surface area (Å²) in [6, 6.07) is 0. The number of aryl methyl sites for hydroxylation is 1. The molecule has 0 aromatic carbocycles. The molecule has 0 atom stereocenters. The van der Waals surface area contributed by atoms with Gasteiger partial charge in [0.2, 0.25) is 0 Å². The van der Waals surface area contributed by atoms with E-state index in [2.05, 4.69) is 10.3 Å². The summed E-state index contributed by atoms with van der Waals surface area (Å²) in [4.78, 5) is 10.7. The molecule has 0 radical (unpaired) electrons. The number of sulfone groups is 1. The number of nitrogens with zero attached hydrogens (tertiary/aromatic N) is 3. The van der Waals surface area contributed by atoms with Gasteiger partial charge in [-0.2, -0.15) is 0 Å². The minimum atomic E-state index is -3.09. The number of carboxylic acids is 1. The summed E-state index contributed by atoms with van der Waals surface area (Å²) < 4.78 is 24.3. The van der Waals surface area contributed by atoms with Gasteiger partial charge in [0, 0.05) is 5.75 Å². The van der Waals surface area contributed by atoms with E-state index in [1.165, 1.54) is 4.68 Å². The normalized spacial score (nSPS) is 11.6. The summed E-state index contributed by atoms with van der Waals surface area (Å²) in [7, 11) is -3.09. The maximum Gasteiger partial charge on any atom is 0.358 e. The van der Waals surface area contributed by atoms with E-state index in [0.29, 0.717) is 12.1 Å². The fourth-order valence-electron chi connectivity index (χ4n) is 1.41. The smallest absolute Gasteiger partial charge is 0.358 e. The number of aromatic carboxylic acids is 1. The standard InChI is InChI=1S/C9H15N3O4S/c1-3-5-17(15,16)6-4-12-7(2)8(9(13)14)10-11-12/h3-6H2,1-2H3,(H,13,14). The van der Waals surface area contributed by atoms with Crippen LogP contribution in [0, 0.1) is 6.92 Å². The number of hydrogen-bond donors (Lipinski definition) is 1. The van der Waals surface area contributed by atoms with E-state index in [1.54, 1.807) is 13.8 Å². The highest BCUT2D eigenvalue weighted by Gasteiger charge is 2.16. The maximum absolute atomic E-state index is 11.5. The molecule has 0 spiro atoms. The molecule has 0 aliphatic rings. The molecular formula is C9H15N3O4S. The van der Waals surface area contributed by atoms with E-state index in [9.17, 15) is 13.2 Å². The first kappa shape index (κ1) is 13.6. The van der Waals surface area contributed by atoms with Crippen LogP contribution in [0.15, 0.2) is 0 Å². The lowest BCUT2D eigenvalue weighted by molar-refractivity contribution is 0.0689. The SMILES string of the molecule is CCCS(=O)(=O)CCn1nnc(C(=O)O)c1C. The number of carboxylic acid groups (broad SMARTS) is 1. The zero-order valence-electron chi connectivity index (χ0n) is 9.75. The first-order valence-electron chi connectivity index (χ1n) is 5.21. The van der Waals surface area contributed by atoms with Crippen molar-refractivity contribution in [3.05, 3.63) is 11.4 Å². The van der Waals surface area contributed by atoms with Crippen LogP contribution in [-0.4, -0.2) is 46.0 Å². The number of aromatic nitrogens is 3. The van der Waals surface area contributed by atoms with Gasteiger partial charge in [-0.15, -0.1) is 5.10 Å². The van der Waals surface area contributed by atoms with Crippen LogP contribution in [0.25, 0.3) is 0 Å². The third-order valence-corrected chi connectivity index (χ3v) is 4.15. The summed E-state index contributed by atoms with van der Waals surface area (Å²) in [5.41, 5.74) is 0.224. The molecule has 0 unspecified atom stereocenters. The average molecular weight is 261 g/mol. The second kappa shape index (κ2) is 5.26. The van der Waals surface area contributed by atoms with Crippen LogP contribution in [0.4, 0.5) is 0 Å². The fraction of sp³-hybridized carbons (Fsp3) is 0.667. The van der Waals surface area contributed by atoms with Gasteiger partial charge in [0.25, 0.3) is 0 Å². The minimum Gasteiger partial charge on any atom is -0.476 e. The molecule has 0 saturated heterocycles. The van der Waals surface area contributed by atoms with Crippen molar-refractivity contribution in [1.29, 1.82) is 0 Å². The molecule has 1 aromatic heterocycles. The number of hydrogen-bond acceptors (Lipinski definition) is 5. The topological polar surface area (TPSA) is 102 Å². The molecule has 0 bridgehead atoms. The third-order valence-electron chi connectivity index (χ3n) is 2.31. The van der Waals surface area contributed by atoms with Crippen LogP contribution in [0.5, 0.6) is 0 Å². The molecule has 0 aliphatic heterocycles. The molecule has 96 valence electrons. The first-order valence-corrected chi connectivity index (χ1v) is 7.03. The van der Waals surface area contributed by atoms with E-state index in [0.717, 1.165) is 0 Å². The van der Waals surface area contributed by atoms with Gasteiger partial charge >= 0.3 is 5.97 Å². The minimum absolute atomic E-state index is 0.0515. The molecular weight excluding hydrogens is 246 g/mol. The molecule has 1 rings (SSSR count). The van der Waals surface area contributed by atoms with Crippen LogP contribution in [0.2, 0.25) is 0 Å². The van der Waals surface area contributed by atoms with Crippen LogP contribution in [0.1, 0.15) is 29.5 Å². The highest BCUT2D eigenvalue weighted by molar-refractivity contribution is 7.91. The van der Waals surface area contributed by atoms with Gasteiger partial charge in [0.15, 0.2) is 15.5 Å². The van der Waals surface area contributed by atoms with Crippen LogP contribution < -0.4 is 0 Å². The van der Waals surface area contributed by atoms with Gasteiger partial charge in [0.1, 0.15) is 0 Å². The van der Waals surface area contributed by atoms with E-state index in [1.807, 2.05) is 0 Å². The molecule has 0 saturated carbocycles. The van der Waals surface area contributed by atoms with Gasteiger partial charge in [-0.3, -0.25) is 0 Å². The Bertz CT molecular complexity index is 506. The third kappa shape index (κ3) is 3.52. The Morgan fingerprint density at radius 1 is 1.41 bits per heavy atom. The Morgan fingerprint density at radius 3 is 2.53 bits per heavy atom. The predicted octanol–water partition coefficient (Wildman–Crippen LogP) is 0.110. The van der Waals surface area contributed by atoms with Crippen molar-refractivity contribution >= 4 is 15.8 Å². The van der Waals surface area contributed by atoms with Crippen molar-refractivity contribution in [2.24, 2.45) is 0 Å². The van der Waals surface area contributed by atoms with Gasteiger partial charge in [0.05, 0.1) is 18.0 Å². The summed E-state index contributed by atoms with van der Waals surface area (Å²) in [5, 5.41) is 15.9. The molecule has 1 N–H and O–H groups in total. The van der Waals surface area contributed by atoms with E-state index >= 15 is 0 Å². The van der Waals surface area contributed by atoms with Gasteiger partial charge in [-0.1, -0.05) is 12.1 Å². The van der Waals surface area contributed by atoms with Gasteiger partial charge < -0.3 is 5.11 Å². The van der Waals surface area contributed by atoms with E-state index in [-0.39, 0.29) is 23.7 Å². The van der Waals surface area contributed by atoms with E-state index < -0.39 is 15.8 Å². The molecule has 1 heterocycles. The van der Waals surface area contributed by atoms with Crippen molar-refractivity contribution in [2.45, 2.75) is 26.8 Å². The number of carbonyl (C=O) groups is 1. The largest absolute Gasteiger partial charge is 0.476 e. The second-order valence-electron chi connectivity index (χ2n) is 3.70. The Kier molecular flexibility index (Phi) is 4.22. The summed E-state index contributed by atoms with van der Waals surface area (Å²) in [5.74, 6) is -1.08. The van der Waals surface area contributed by atoms with Crippen LogP contribution in [0.3, 0.4) is 0 Å². The summed E-state index contributed by atoms with van der Waals surface area (Å²) in [6.07, 6.45) is 0.569. The Balaban J connectivity index is 2.74. The van der Waals surface area contributed by atoms with Crippen LogP contribution >= 0.6 is 0 Å². The Morgan fingerprint density at radius 2 is 2.06 bits per heavy atom. The monoisotopic (exact) mass is 261 g/mol. The predicted molar refractivity (Wildman–Crippen MR) is 60.7 cm³/mol. The van der Waals surface area contributed by atoms with Crippen molar-refractivity contribution in [1.82, 2.24) is 15.0 Å². The fourth-order valence-corrected chi connectivity index (χ4v) is 2.69. The lowest BCUT2D eigenvalue weighted by Gasteiger charge is -2.04. The van der Waals surface area contributed by atoms with Crippen molar-refractivity contribution in [2.75, 3.05) is 11.5 Å². The van der Waals surface area contributed by atoms with Crippen molar-refractivity contribution in [3.63, 3.8) is 0 Å². The maximum atomic E-state index is 11.5. The molecule has 17 heavy (non-hydrogen) atoms. The van der Waals surface area contributed by atoms with Crippen molar-refractivity contribution in [3.8, 4) is 0 Å². The lowest BCUT2D eigenvalue weighted by atomic mass is 10.3. The molecule has 7 nitrogen and oxygen atoms in total. The lowest BCUT2D eigenvalue weighted by Crippen LogP contribution is -2.17. The first-order chi connectivity index (χ1) is 7.87. The zero-order chi connectivity index (χ0) is 13.1. The second-order valence-corrected chi connectivity index (χ2v) is 6.01. The van der Waals surface area contributed by atoms with Gasteiger partial charge in [-0.05, 0) is 13.3 Å². The van der Waals surface area contributed by atoms with Crippen LogP contribution in [-0.2, 0) is 16.4 Å². The summed E-state index contributed by atoms with van der Waals surface area (Å²) in [6.45, 7) is 3.48. The summed E-state index contributed by atoms with van der Waals surface area (Å²) >= 11 is 0. The highest BCUT2D eigenvalue weighted by atomic mass is 32.2. The molecule has 0 fully saturated rings. The molecule has 0 aliphatic carbocycles. The quantitative estimate of drug-likeness (QED) is 0.779. The van der Waals surface area contributed by atoms with Gasteiger partial charge in [-0.25, -0.2) is 17.9 Å². The van der Waals surface area contributed by atoms with Crippen molar-refractivity contribution < 1.29 is 18.3 Å². The van der Waals surface area contributed by atoms with E-state index in [4.69, 9.17) is 5.11 Å². The molecule has 1 aromatic rings. The zero-order valence-corrected chi connectivity index (χ0v) is 10.6.